The number of nitrogens with one attached hydrogen (secondary N) is 2. The summed E-state index contributed by atoms with van der Waals surface area (Å²) in [5.74, 6) is 2.06. The fraction of sp³-hybridized carbons (Fsp3) is 0.613. The highest BCUT2D eigenvalue weighted by molar-refractivity contribution is 6.32. The number of rotatable bonds is 14. The van der Waals surface area contributed by atoms with Crippen molar-refractivity contribution in [2.45, 2.75) is 51.4 Å². The molecule has 236 valence electrons. The molecule has 2 aromatic rings. The van der Waals surface area contributed by atoms with Crippen molar-refractivity contribution >= 4 is 40.9 Å². The van der Waals surface area contributed by atoms with E-state index in [0.29, 0.717) is 86.2 Å². The monoisotopic (exact) mass is 616 g/mol. The molecule has 0 radical (unpaired) electrons. The largest absolute Gasteiger partial charge is 0.495 e. The lowest BCUT2D eigenvalue weighted by molar-refractivity contribution is -0.133. The zero-order valence-electron chi connectivity index (χ0n) is 25.4. The number of hydrogen-bond acceptors (Lipinski definition) is 9. The average molecular weight is 617 g/mol. The number of anilines is 3. The summed E-state index contributed by atoms with van der Waals surface area (Å²) in [7, 11) is 3.26. The molecule has 0 atom stereocenters. The van der Waals surface area contributed by atoms with E-state index >= 15 is 0 Å². The van der Waals surface area contributed by atoms with E-state index in [2.05, 4.69) is 20.6 Å². The molecule has 4 rings (SSSR count). The predicted molar refractivity (Wildman–Crippen MR) is 167 cm³/mol. The standard InChI is InChI=1S/C31H45ClN6O5/c1-33-29-25(32)22-34-31(36-29)35-26-10-9-24(21-27(26)41-2)30(40)38-15-13-37(14-16-38)28(39)12-18-43-20-19-42-17-11-23-7-5-3-4-6-8-23/h9-10,21-23H,3-8,11-20H2,1-2H3,(H2,33,34,35,36). The van der Waals surface area contributed by atoms with Crippen LogP contribution in [0.5, 0.6) is 5.75 Å². The molecule has 2 fully saturated rings. The van der Waals surface area contributed by atoms with Crippen LogP contribution in [0.15, 0.2) is 24.4 Å². The van der Waals surface area contributed by atoms with E-state index in [9.17, 15) is 9.59 Å². The Hall–Kier alpha value is -3.15. The molecule has 11 nitrogen and oxygen atoms in total. The Morgan fingerprint density at radius 1 is 0.977 bits per heavy atom. The van der Waals surface area contributed by atoms with Crippen molar-refractivity contribution in [3.05, 3.63) is 35.0 Å². The Morgan fingerprint density at radius 3 is 2.37 bits per heavy atom. The van der Waals surface area contributed by atoms with Crippen LogP contribution in [-0.2, 0) is 14.3 Å². The minimum Gasteiger partial charge on any atom is -0.495 e. The summed E-state index contributed by atoms with van der Waals surface area (Å²) >= 11 is 6.07. The smallest absolute Gasteiger partial charge is 0.254 e. The Balaban J connectivity index is 1.14. The molecule has 1 aromatic heterocycles. The lowest BCUT2D eigenvalue weighted by Crippen LogP contribution is -2.50. The Bertz CT molecular complexity index is 1190. The third kappa shape index (κ3) is 9.94. The van der Waals surface area contributed by atoms with Gasteiger partial charge in [0.2, 0.25) is 11.9 Å². The normalized spacial score (nSPS) is 16.1. The van der Waals surface area contributed by atoms with Gasteiger partial charge >= 0.3 is 0 Å². The van der Waals surface area contributed by atoms with E-state index in [1.165, 1.54) is 51.8 Å². The number of benzene rings is 1. The fourth-order valence-electron chi connectivity index (χ4n) is 5.53. The summed E-state index contributed by atoms with van der Waals surface area (Å²) in [4.78, 5) is 38.0. The molecule has 2 amide bonds. The zero-order chi connectivity index (χ0) is 30.4. The number of halogens is 1. The molecule has 0 spiro atoms. The maximum absolute atomic E-state index is 13.2. The first-order valence-electron chi connectivity index (χ1n) is 15.4. The third-order valence-corrected chi connectivity index (χ3v) is 8.35. The third-order valence-electron chi connectivity index (χ3n) is 8.07. The SMILES string of the molecule is CNc1nc(Nc2ccc(C(=O)N3CCN(C(=O)CCOCCOCCC4CCCCCC4)CC3)cc2OC)ncc1Cl. The van der Waals surface area contributed by atoms with Crippen LogP contribution in [-0.4, -0.2) is 98.3 Å². The average Bonchev–Trinajstić information content (AvgIpc) is 3.32. The van der Waals surface area contributed by atoms with Gasteiger partial charge in [-0.1, -0.05) is 50.1 Å². The summed E-state index contributed by atoms with van der Waals surface area (Å²) in [5, 5.41) is 6.43. The number of aromatic nitrogens is 2. The van der Waals surface area contributed by atoms with Gasteiger partial charge in [0.05, 0.1) is 45.2 Å². The van der Waals surface area contributed by atoms with Gasteiger partial charge in [0, 0.05) is 45.4 Å². The Labute approximate surface area is 259 Å². The Kier molecular flexibility index (Phi) is 13.1. The van der Waals surface area contributed by atoms with Crippen LogP contribution in [0.1, 0.15) is 61.7 Å². The van der Waals surface area contributed by atoms with Gasteiger partial charge in [-0.05, 0) is 30.5 Å². The van der Waals surface area contributed by atoms with Gasteiger partial charge < -0.3 is 34.6 Å². The molecule has 1 saturated heterocycles. The first kappa shape index (κ1) is 32.8. The second kappa shape index (κ2) is 17.2. The lowest BCUT2D eigenvalue weighted by Gasteiger charge is -2.35. The quantitative estimate of drug-likeness (QED) is 0.223. The van der Waals surface area contributed by atoms with Gasteiger partial charge in [-0.15, -0.1) is 0 Å². The van der Waals surface area contributed by atoms with Crippen LogP contribution in [0, 0.1) is 5.92 Å². The summed E-state index contributed by atoms with van der Waals surface area (Å²) in [5.41, 5.74) is 1.11. The minimum absolute atomic E-state index is 0.0457. The van der Waals surface area contributed by atoms with E-state index in [1.54, 1.807) is 35.0 Å². The molecule has 1 aliphatic carbocycles. The molecular formula is C31H45ClN6O5. The highest BCUT2D eigenvalue weighted by Gasteiger charge is 2.25. The first-order valence-corrected chi connectivity index (χ1v) is 15.7. The topological polar surface area (TPSA) is 118 Å². The number of ether oxygens (including phenoxy) is 3. The van der Waals surface area contributed by atoms with Gasteiger partial charge in [-0.25, -0.2) is 4.98 Å². The van der Waals surface area contributed by atoms with E-state index in [1.807, 2.05) is 0 Å². The van der Waals surface area contributed by atoms with Gasteiger partial charge in [0.25, 0.3) is 5.91 Å². The van der Waals surface area contributed by atoms with Crippen molar-refractivity contribution in [1.29, 1.82) is 0 Å². The van der Waals surface area contributed by atoms with Crippen LogP contribution >= 0.6 is 11.6 Å². The molecule has 1 aromatic carbocycles. The molecule has 43 heavy (non-hydrogen) atoms. The number of hydrogen-bond donors (Lipinski definition) is 2. The van der Waals surface area contributed by atoms with Crippen molar-refractivity contribution in [3.8, 4) is 5.75 Å². The zero-order valence-corrected chi connectivity index (χ0v) is 26.2. The van der Waals surface area contributed by atoms with Crippen LogP contribution in [0.25, 0.3) is 0 Å². The molecule has 0 bridgehead atoms. The molecular weight excluding hydrogens is 572 g/mol. The van der Waals surface area contributed by atoms with E-state index in [4.69, 9.17) is 25.8 Å². The summed E-state index contributed by atoms with van der Waals surface area (Å²) in [6, 6.07) is 5.18. The molecule has 2 N–H and O–H groups in total. The first-order chi connectivity index (χ1) is 21.0. The van der Waals surface area contributed by atoms with Gasteiger partial charge in [0.15, 0.2) is 0 Å². The fourth-order valence-corrected chi connectivity index (χ4v) is 5.72. The lowest BCUT2D eigenvalue weighted by atomic mass is 9.97. The maximum Gasteiger partial charge on any atom is 0.254 e. The van der Waals surface area contributed by atoms with Crippen LogP contribution in [0.2, 0.25) is 5.02 Å². The highest BCUT2D eigenvalue weighted by Crippen LogP contribution is 2.30. The summed E-state index contributed by atoms with van der Waals surface area (Å²) < 4.78 is 16.9. The summed E-state index contributed by atoms with van der Waals surface area (Å²) in [6.07, 6.45) is 11.1. The molecule has 2 aliphatic rings. The Morgan fingerprint density at radius 2 is 1.67 bits per heavy atom. The van der Waals surface area contributed by atoms with Crippen LogP contribution in [0.3, 0.4) is 0 Å². The molecule has 1 saturated carbocycles. The summed E-state index contributed by atoms with van der Waals surface area (Å²) in [6.45, 7) is 4.15. The van der Waals surface area contributed by atoms with Crippen molar-refractivity contribution in [2.75, 3.05) is 77.4 Å². The number of piperazine rings is 1. The van der Waals surface area contributed by atoms with Crippen molar-refractivity contribution in [2.24, 2.45) is 5.92 Å². The number of nitrogens with zero attached hydrogens (tertiary/aromatic N) is 4. The number of methoxy groups -OCH3 is 1. The molecule has 12 heteroatoms. The van der Waals surface area contributed by atoms with Gasteiger partial charge in [-0.2, -0.15) is 4.98 Å². The van der Waals surface area contributed by atoms with Crippen molar-refractivity contribution < 1.29 is 23.8 Å². The molecule has 0 unspecified atom stereocenters. The maximum atomic E-state index is 13.2. The number of carbonyl (C=O) groups excluding carboxylic acids is 2. The van der Waals surface area contributed by atoms with E-state index in [0.717, 1.165) is 18.9 Å². The van der Waals surface area contributed by atoms with Gasteiger partial charge in [-0.3, -0.25) is 9.59 Å². The molecule has 2 heterocycles. The predicted octanol–water partition coefficient (Wildman–Crippen LogP) is 4.99. The number of amides is 2. The van der Waals surface area contributed by atoms with E-state index < -0.39 is 0 Å². The van der Waals surface area contributed by atoms with Crippen LogP contribution in [0.4, 0.5) is 17.5 Å². The minimum atomic E-state index is -0.112. The van der Waals surface area contributed by atoms with Crippen LogP contribution < -0.4 is 15.4 Å². The number of carbonyl (C=O) groups is 2. The second-order valence-corrected chi connectivity index (χ2v) is 11.4. The van der Waals surface area contributed by atoms with Crippen molar-refractivity contribution in [3.63, 3.8) is 0 Å². The second-order valence-electron chi connectivity index (χ2n) is 11.0. The van der Waals surface area contributed by atoms with E-state index in [-0.39, 0.29) is 11.8 Å². The van der Waals surface area contributed by atoms with Crippen molar-refractivity contribution in [1.82, 2.24) is 19.8 Å². The molecule has 1 aliphatic heterocycles. The highest BCUT2D eigenvalue weighted by atomic mass is 35.5. The van der Waals surface area contributed by atoms with Gasteiger partial charge in [0.1, 0.15) is 16.6 Å².